The van der Waals surface area contributed by atoms with Gasteiger partial charge in [-0.25, -0.2) is 9.37 Å². The van der Waals surface area contributed by atoms with E-state index in [1.165, 1.54) is 17.1 Å². The average molecular weight is 500 g/mol. The van der Waals surface area contributed by atoms with Crippen LogP contribution in [-0.2, 0) is 6.54 Å². The summed E-state index contributed by atoms with van der Waals surface area (Å²) < 4.78 is 13.9. The maximum absolute atomic E-state index is 13.9. The number of amides is 2. The smallest absolute Gasteiger partial charge is 0.267 e. The number of hydrazine groups is 1. The zero-order valence-corrected chi connectivity index (χ0v) is 19.4. The molecular weight excluding hydrogens is 481 g/mol. The van der Waals surface area contributed by atoms with Crippen molar-refractivity contribution in [3.63, 3.8) is 0 Å². The Balaban J connectivity index is 1.16. The van der Waals surface area contributed by atoms with E-state index in [4.69, 9.17) is 0 Å². The molecule has 0 aliphatic carbocycles. The lowest BCUT2D eigenvalue weighted by Gasteiger charge is -2.07. The number of nitrogens with one attached hydrogen (secondary N) is 2. The molecule has 5 aromatic rings. The minimum absolute atomic E-state index is 0.235. The van der Waals surface area contributed by atoms with Crippen LogP contribution in [0.15, 0.2) is 85.1 Å². The molecule has 5 rings (SSSR count). The van der Waals surface area contributed by atoms with Crippen molar-refractivity contribution in [2.24, 2.45) is 0 Å². The van der Waals surface area contributed by atoms with E-state index in [1.54, 1.807) is 42.5 Å². The van der Waals surface area contributed by atoms with Gasteiger partial charge in [-0.2, -0.15) is 4.80 Å². The van der Waals surface area contributed by atoms with Crippen LogP contribution in [0, 0.1) is 5.82 Å². The number of halogens is 1. The van der Waals surface area contributed by atoms with Crippen LogP contribution in [0.25, 0.3) is 22.0 Å². The van der Waals surface area contributed by atoms with E-state index in [0.717, 1.165) is 22.5 Å². The molecule has 2 aromatic heterocycles. The predicted molar refractivity (Wildman–Crippen MR) is 131 cm³/mol. The Morgan fingerprint density at radius 3 is 2.39 bits per heavy atom. The summed E-state index contributed by atoms with van der Waals surface area (Å²) >= 11 is 1.03. The van der Waals surface area contributed by atoms with Crippen LogP contribution in [0.5, 0.6) is 0 Å². The SMILES string of the molecule is O=C(NNC(=O)c1cnc(-c2ccccc2F)s1)c1ccc(Cn2nnc(-c3ccccc3)n2)cc1. The quantitative estimate of drug-likeness (QED) is 0.344. The van der Waals surface area contributed by atoms with Gasteiger partial charge in [-0.1, -0.05) is 54.6 Å². The topological polar surface area (TPSA) is 115 Å². The summed E-state index contributed by atoms with van der Waals surface area (Å²) in [6.07, 6.45) is 1.34. The zero-order chi connectivity index (χ0) is 24.9. The summed E-state index contributed by atoms with van der Waals surface area (Å²) in [6.45, 7) is 0.383. The van der Waals surface area contributed by atoms with Gasteiger partial charge in [-0.05, 0) is 35.0 Å². The summed E-state index contributed by atoms with van der Waals surface area (Å²) in [6, 6.07) is 22.5. The van der Waals surface area contributed by atoms with Crippen LogP contribution in [0.4, 0.5) is 4.39 Å². The highest BCUT2D eigenvalue weighted by Crippen LogP contribution is 2.27. The molecule has 0 fully saturated rings. The Hall–Kier alpha value is -4.77. The molecule has 9 nitrogen and oxygen atoms in total. The number of aromatic nitrogens is 5. The summed E-state index contributed by atoms with van der Waals surface area (Å²) in [5, 5.41) is 12.9. The molecule has 0 aliphatic heterocycles. The molecule has 0 atom stereocenters. The Morgan fingerprint density at radius 2 is 1.61 bits per heavy atom. The summed E-state index contributed by atoms with van der Waals surface area (Å²) in [5.74, 6) is -0.929. The number of thiazole rings is 1. The Labute approximate surface area is 208 Å². The predicted octanol–water partition coefficient (Wildman–Crippen LogP) is 3.73. The lowest BCUT2D eigenvalue weighted by atomic mass is 10.1. The van der Waals surface area contributed by atoms with Gasteiger partial charge in [0.1, 0.15) is 15.7 Å². The molecule has 3 aromatic carbocycles. The van der Waals surface area contributed by atoms with E-state index in [9.17, 15) is 14.0 Å². The fourth-order valence-corrected chi connectivity index (χ4v) is 4.16. The Kier molecular flexibility index (Phi) is 6.54. The molecule has 36 heavy (non-hydrogen) atoms. The van der Waals surface area contributed by atoms with E-state index in [1.807, 2.05) is 30.3 Å². The maximum atomic E-state index is 13.9. The van der Waals surface area contributed by atoms with Gasteiger partial charge in [-0.15, -0.1) is 21.5 Å². The number of nitrogens with zero attached hydrogens (tertiary/aromatic N) is 5. The van der Waals surface area contributed by atoms with Gasteiger partial charge in [0, 0.05) is 16.7 Å². The number of hydrogen-bond acceptors (Lipinski definition) is 7. The van der Waals surface area contributed by atoms with E-state index in [-0.39, 0.29) is 4.88 Å². The number of carbonyl (C=O) groups excluding carboxylic acids is 2. The third kappa shape index (κ3) is 5.15. The first-order valence-electron chi connectivity index (χ1n) is 10.8. The molecule has 178 valence electrons. The van der Waals surface area contributed by atoms with Crippen molar-refractivity contribution in [2.75, 3.05) is 0 Å². The standard InChI is InChI=1S/C25H18FN7O2S/c26-20-9-5-4-8-19(20)25-27-14-21(36-25)24(35)30-29-23(34)18-12-10-16(11-13-18)15-33-31-22(28-32-33)17-6-2-1-3-7-17/h1-14H,15H2,(H,29,34)(H,30,35). The van der Waals surface area contributed by atoms with E-state index < -0.39 is 17.6 Å². The summed E-state index contributed by atoms with van der Waals surface area (Å²) in [7, 11) is 0. The molecule has 2 heterocycles. The van der Waals surface area contributed by atoms with Crippen molar-refractivity contribution in [3.8, 4) is 22.0 Å². The largest absolute Gasteiger partial charge is 0.281 e. The van der Waals surface area contributed by atoms with Crippen LogP contribution >= 0.6 is 11.3 Å². The number of benzene rings is 3. The molecule has 11 heteroatoms. The van der Waals surface area contributed by atoms with E-state index in [2.05, 4.69) is 31.2 Å². The van der Waals surface area contributed by atoms with Gasteiger partial charge >= 0.3 is 0 Å². The molecule has 2 N–H and O–H groups in total. The van der Waals surface area contributed by atoms with Crippen molar-refractivity contribution < 1.29 is 14.0 Å². The van der Waals surface area contributed by atoms with Crippen molar-refractivity contribution >= 4 is 23.2 Å². The first kappa shape index (κ1) is 23.0. The second-order valence-corrected chi connectivity index (χ2v) is 8.65. The third-order valence-corrected chi connectivity index (χ3v) is 6.18. The molecule has 0 spiro atoms. The molecule has 0 unspecified atom stereocenters. The molecule has 0 bridgehead atoms. The van der Waals surface area contributed by atoms with Gasteiger partial charge in [0.05, 0.1) is 12.7 Å². The van der Waals surface area contributed by atoms with Gasteiger partial charge in [0.15, 0.2) is 0 Å². The van der Waals surface area contributed by atoms with Crippen molar-refractivity contribution in [2.45, 2.75) is 6.54 Å². The van der Waals surface area contributed by atoms with Crippen LogP contribution in [0.3, 0.4) is 0 Å². The molecule has 0 aliphatic rings. The molecule has 0 saturated heterocycles. The highest BCUT2D eigenvalue weighted by atomic mass is 32.1. The normalized spacial score (nSPS) is 10.7. The number of rotatable bonds is 6. The van der Waals surface area contributed by atoms with Crippen LogP contribution in [0.1, 0.15) is 25.6 Å². The first-order valence-corrected chi connectivity index (χ1v) is 11.6. The second kappa shape index (κ2) is 10.2. The van der Waals surface area contributed by atoms with Crippen molar-refractivity contribution in [1.29, 1.82) is 0 Å². The Morgan fingerprint density at radius 1 is 0.889 bits per heavy atom. The minimum Gasteiger partial charge on any atom is -0.267 e. The fraction of sp³-hybridized carbons (Fsp3) is 0.0400. The summed E-state index contributed by atoms with van der Waals surface area (Å²) in [5.41, 5.74) is 7.14. The van der Waals surface area contributed by atoms with E-state index >= 15 is 0 Å². The lowest BCUT2D eigenvalue weighted by molar-refractivity contribution is 0.0849. The Bertz CT molecular complexity index is 1520. The molecule has 0 radical (unpaired) electrons. The zero-order valence-electron chi connectivity index (χ0n) is 18.6. The van der Waals surface area contributed by atoms with Crippen molar-refractivity contribution in [3.05, 3.63) is 107 Å². The van der Waals surface area contributed by atoms with Crippen LogP contribution < -0.4 is 10.9 Å². The van der Waals surface area contributed by atoms with Gasteiger partial charge in [-0.3, -0.25) is 20.4 Å². The first-order chi connectivity index (χ1) is 17.6. The highest BCUT2D eigenvalue weighted by Gasteiger charge is 2.15. The van der Waals surface area contributed by atoms with Gasteiger partial charge < -0.3 is 0 Å². The molecule has 2 amide bonds. The van der Waals surface area contributed by atoms with Crippen LogP contribution in [0.2, 0.25) is 0 Å². The monoisotopic (exact) mass is 499 g/mol. The summed E-state index contributed by atoms with van der Waals surface area (Å²) in [4.78, 5) is 30.7. The van der Waals surface area contributed by atoms with Gasteiger partial charge in [0.2, 0.25) is 5.82 Å². The molecule has 0 saturated carbocycles. The fourth-order valence-electron chi connectivity index (χ4n) is 3.32. The number of hydrogen-bond donors (Lipinski definition) is 2. The van der Waals surface area contributed by atoms with Crippen molar-refractivity contribution in [1.82, 2.24) is 36.0 Å². The molecular formula is C25H18FN7O2S. The minimum atomic E-state index is -0.550. The lowest BCUT2D eigenvalue weighted by Crippen LogP contribution is -2.41. The van der Waals surface area contributed by atoms with Crippen LogP contribution in [-0.4, -0.2) is 37.0 Å². The number of carbonyl (C=O) groups is 2. The third-order valence-electron chi connectivity index (χ3n) is 5.15. The van der Waals surface area contributed by atoms with Gasteiger partial charge in [0.25, 0.3) is 11.8 Å². The van der Waals surface area contributed by atoms with E-state index in [0.29, 0.717) is 28.5 Å². The second-order valence-electron chi connectivity index (χ2n) is 7.62. The maximum Gasteiger partial charge on any atom is 0.281 e. The number of tetrazole rings is 1. The average Bonchev–Trinajstić information content (AvgIpc) is 3.59. The highest BCUT2D eigenvalue weighted by molar-refractivity contribution is 7.16.